The predicted octanol–water partition coefficient (Wildman–Crippen LogP) is 3.43. The molecule has 1 heterocycles. The van der Waals surface area contributed by atoms with Gasteiger partial charge in [0.05, 0.1) is 12.3 Å². The van der Waals surface area contributed by atoms with Gasteiger partial charge in [0.25, 0.3) is 0 Å². The second-order valence-electron chi connectivity index (χ2n) is 6.15. The van der Waals surface area contributed by atoms with Gasteiger partial charge in [0.2, 0.25) is 11.9 Å². The van der Waals surface area contributed by atoms with Gasteiger partial charge in [0.1, 0.15) is 5.75 Å². The van der Waals surface area contributed by atoms with E-state index in [4.69, 9.17) is 10.5 Å². The summed E-state index contributed by atoms with van der Waals surface area (Å²) in [6, 6.07) is 16.8. The maximum Gasteiger partial charge on any atom is 0.248 e. The molecule has 0 spiro atoms. The highest BCUT2D eigenvalue weighted by Crippen LogP contribution is 2.18. The van der Waals surface area contributed by atoms with Crippen molar-refractivity contribution in [1.29, 1.82) is 0 Å². The van der Waals surface area contributed by atoms with Gasteiger partial charge in [-0.2, -0.15) is 0 Å². The molecule has 1 aromatic heterocycles. The van der Waals surface area contributed by atoms with Crippen molar-refractivity contribution in [2.45, 2.75) is 13.3 Å². The Hall–Kier alpha value is -3.41. The fraction of sp³-hybridized carbons (Fsp3) is 0.190. The molecule has 138 valence electrons. The highest BCUT2D eigenvalue weighted by Gasteiger charge is 2.04. The molecule has 0 radical (unpaired) electrons. The van der Waals surface area contributed by atoms with E-state index in [-0.39, 0.29) is 0 Å². The first kappa shape index (κ1) is 18.4. The molecule has 6 nitrogen and oxygen atoms in total. The van der Waals surface area contributed by atoms with Crippen molar-refractivity contribution in [2.24, 2.45) is 5.73 Å². The number of amides is 1. The molecule has 0 aliphatic rings. The van der Waals surface area contributed by atoms with E-state index in [1.165, 1.54) is 5.56 Å². The summed E-state index contributed by atoms with van der Waals surface area (Å²) >= 11 is 0. The van der Waals surface area contributed by atoms with Gasteiger partial charge in [-0.25, -0.2) is 9.97 Å². The Morgan fingerprint density at radius 2 is 1.96 bits per heavy atom. The highest BCUT2D eigenvalue weighted by atomic mass is 16.5. The minimum atomic E-state index is -0.445. The first-order valence-corrected chi connectivity index (χ1v) is 8.78. The highest BCUT2D eigenvalue weighted by molar-refractivity contribution is 5.93. The van der Waals surface area contributed by atoms with Gasteiger partial charge >= 0.3 is 0 Å². The number of hydrogen-bond acceptors (Lipinski definition) is 5. The first-order chi connectivity index (χ1) is 13.1. The molecule has 3 aromatic rings. The van der Waals surface area contributed by atoms with Crippen LogP contribution >= 0.6 is 0 Å². The van der Waals surface area contributed by atoms with E-state index < -0.39 is 5.91 Å². The predicted molar refractivity (Wildman–Crippen MR) is 106 cm³/mol. The minimum absolute atomic E-state index is 0.445. The number of hydrogen-bond donors (Lipinski definition) is 2. The zero-order valence-corrected chi connectivity index (χ0v) is 15.2. The molecule has 0 unspecified atom stereocenters. The summed E-state index contributed by atoms with van der Waals surface area (Å²) in [5, 5.41) is 3.21. The molecule has 6 heteroatoms. The fourth-order valence-corrected chi connectivity index (χ4v) is 2.58. The fourth-order valence-electron chi connectivity index (χ4n) is 2.58. The van der Waals surface area contributed by atoms with Crippen LogP contribution in [0.25, 0.3) is 11.3 Å². The van der Waals surface area contributed by atoms with Crippen molar-refractivity contribution in [2.75, 3.05) is 18.5 Å². The van der Waals surface area contributed by atoms with Gasteiger partial charge in [-0.1, -0.05) is 24.3 Å². The van der Waals surface area contributed by atoms with Gasteiger partial charge in [-0.15, -0.1) is 0 Å². The normalized spacial score (nSPS) is 10.4. The summed E-state index contributed by atoms with van der Waals surface area (Å²) in [5.74, 6) is 0.995. The number of rotatable bonds is 8. The Balaban J connectivity index is 1.51. The van der Waals surface area contributed by atoms with Gasteiger partial charge in [-0.3, -0.25) is 4.79 Å². The number of aryl methyl sites for hydroxylation is 1. The van der Waals surface area contributed by atoms with Crippen LogP contribution in [0.3, 0.4) is 0 Å². The number of primary amides is 1. The van der Waals surface area contributed by atoms with Crippen molar-refractivity contribution in [3.63, 3.8) is 0 Å². The zero-order valence-electron chi connectivity index (χ0n) is 15.2. The minimum Gasteiger partial charge on any atom is -0.494 e. The molecule has 3 N–H and O–H groups in total. The van der Waals surface area contributed by atoms with Crippen LogP contribution in [0.4, 0.5) is 5.95 Å². The number of ether oxygens (including phenoxy) is 1. The topological polar surface area (TPSA) is 90.1 Å². The summed E-state index contributed by atoms with van der Waals surface area (Å²) < 4.78 is 5.73. The molecule has 0 aliphatic heterocycles. The van der Waals surface area contributed by atoms with Crippen LogP contribution in [0.5, 0.6) is 5.75 Å². The van der Waals surface area contributed by atoms with E-state index in [1.54, 1.807) is 18.3 Å². The van der Waals surface area contributed by atoms with Crippen LogP contribution in [0.2, 0.25) is 0 Å². The van der Waals surface area contributed by atoms with E-state index in [0.717, 1.165) is 23.4 Å². The number of aromatic nitrogens is 2. The molecule has 2 aromatic carbocycles. The molecule has 27 heavy (non-hydrogen) atoms. The van der Waals surface area contributed by atoms with Crippen molar-refractivity contribution in [1.82, 2.24) is 9.97 Å². The number of nitrogens with one attached hydrogen (secondary N) is 1. The average Bonchev–Trinajstić information content (AvgIpc) is 2.68. The molecule has 0 atom stereocenters. The van der Waals surface area contributed by atoms with Gasteiger partial charge in [-0.05, 0) is 49.2 Å². The lowest BCUT2D eigenvalue weighted by molar-refractivity contribution is 0.100. The monoisotopic (exact) mass is 362 g/mol. The zero-order chi connectivity index (χ0) is 19.1. The maximum atomic E-state index is 11.2. The van der Waals surface area contributed by atoms with E-state index in [9.17, 15) is 4.79 Å². The number of benzene rings is 2. The molecule has 0 saturated carbocycles. The number of anilines is 1. The smallest absolute Gasteiger partial charge is 0.248 e. The third-order valence-electron chi connectivity index (χ3n) is 3.98. The number of carbonyl (C=O) groups is 1. The first-order valence-electron chi connectivity index (χ1n) is 8.78. The van der Waals surface area contributed by atoms with Crippen LogP contribution in [0, 0.1) is 6.92 Å². The largest absolute Gasteiger partial charge is 0.494 e. The van der Waals surface area contributed by atoms with Gasteiger partial charge in [0.15, 0.2) is 0 Å². The average molecular weight is 362 g/mol. The van der Waals surface area contributed by atoms with E-state index in [1.807, 2.05) is 49.4 Å². The Bertz CT molecular complexity index is 910. The number of nitrogens with zero attached hydrogens (tertiary/aromatic N) is 2. The standard InChI is InChI=1S/C21H22N4O2/c1-15-4-2-5-18(14-15)27-13-3-11-23-21-24-12-10-19(25-21)16-6-8-17(9-7-16)20(22)26/h2,4-10,12,14H,3,11,13H2,1H3,(H2,22,26)(H,23,24,25). The number of carbonyl (C=O) groups excluding carboxylic acids is 1. The van der Waals surface area contributed by atoms with E-state index >= 15 is 0 Å². The SMILES string of the molecule is Cc1cccc(OCCCNc2nccc(-c3ccc(C(N)=O)cc3)n2)c1. The van der Waals surface area contributed by atoms with Crippen molar-refractivity contribution in [3.8, 4) is 17.0 Å². The lowest BCUT2D eigenvalue weighted by Crippen LogP contribution is -2.10. The molecular weight excluding hydrogens is 340 g/mol. The summed E-state index contributed by atoms with van der Waals surface area (Å²) in [6.07, 6.45) is 2.53. The number of nitrogens with two attached hydrogens (primary N) is 1. The molecule has 0 aliphatic carbocycles. The molecule has 0 bridgehead atoms. The lowest BCUT2D eigenvalue weighted by Gasteiger charge is -2.09. The summed E-state index contributed by atoms with van der Waals surface area (Å²) in [7, 11) is 0. The van der Waals surface area contributed by atoms with Crippen LogP contribution in [0.1, 0.15) is 22.3 Å². The maximum absolute atomic E-state index is 11.2. The molecule has 0 fully saturated rings. The van der Waals surface area contributed by atoms with Crippen LogP contribution in [-0.4, -0.2) is 29.0 Å². The molecule has 1 amide bonds. The van der Waals surface area contributed by atoms with Gasteiger partial charge < -0.3 is 15.8 Å². The second kappa shape index (κ2) is 8.80. The Kier molecular flexibility index (Phi) is 5.99. The van der Waals surface area contributed by atoms with E-state index in [2.05, 4.69) is 15.3 Å². The third kappa shape index (κ3) is 5.28. The third-order valence-corrected chi connectivity index (χ3v) is 3.98. The quantitative estimate of drug-likeness (QED) is 0.599. The lowest BCUT2D eigenvalue weighted by atomic mass is 10.1. The van der Waals surface area contributed by atoms with Crippen LogP contribution in [0.15, 0.2) is 60.8 Å². The molecule has 0 saturated heterocycles. The van der Waals surface area contributed by atoms with Gasteiger partial charge in [0, 0.05) is 23.9 Å². The second-order valence-corrected chi connectivity index (χ2v) is 6.15. The van der Waals surface area contributed by atoms with Crippen molar-refractivity contribution >= 4 is 11.9 Å². The van der Waals surface area contributed by atoms with Crippen LogP contribution < -0.4 is 15.8 Å². The van der Waals surface area contributed by atoms with Crippen molar-refractivity contribution < 1.29 is 9.53 Å². The Morgan fingerprint density at radius 3 is 2.70 bits per heavy atom. The summed E-state index contributed by atoms with van der Waals surface area (Å²) in [4.78, 5) is 19.9. The molecule has 3 rings (SSSR count). The summed E-state index contributed by atoms with van der Waals surface area (Å²) in [6.45, 7) is 3.36. The Morgan fingerprint density at radius 1 is 1.15 bits per heavy atom. The van der Waals surface area contributed by atoms with E-state index in [0.29, 0.717) is 24.7 Å². The van der Waals surface area contributed by atoms with Crippen LogP contribution in [-0.2, 0) is 0 Å². The van der Waals surface area contributed by atoms with Crippen molar-refractivity contribution in [3.05, 3.63) is 71.9 Å². The Labute approximate surface area is 158 Å². The molecular formula is C21H22N4O2. The summed E-state index contributed by atoms with van der Waals surface area (Å²) in [5.41, 5.74) is 8.59.